The molecule has 1 aliphatic heterocycles. The summed E-state index contributed by atoms with van der Waals surface area (Å²) in [5.74, 6) is 0.416. The van der Waals surface area contributed by atoms with E-state index < -0.39 is 0 Å². The molecule has 1 fully saturated rings. The molecule has 0 spiro atoms. The minimum atomic E-state index is -0.190. The molecule has 0 aromatic carbocycles. The minimum absolute atomic E-state index is 0.190. The Morgan fingerprint density at radius 2 is 2.00 bits per heavy atom. The molecule has 1 saturated heterocycles. The van der Waals surface area contributed by atoms with E-state index in [0.717, 1.165) is 60.3 Å². The lowest BCUT2D eigenvalue weighted by molar-refractivity contribution is -0.104. The second-order valence-electron chi connectivity index (χ2n) is 9.52. The van der Waals surface area contributed by atoms with Crippen LogP contribution < -0.4 is 5.73 Å². The minimum Gasteiger partial charge on any atom is -0.383 e. The van der Waals surface area contributed by atoms with Gasteiger partial charge in [0.2, 0.25) is 0 Å². The summed E-state index contributed by atoms with van der Waals surface area (Å²) >= 11 is 0. The molecule has 0 amide bonds. The molecule has 206 valence electrons. The summed E-state index contributed by atoms with van der Waals surface area (Å²) in [6.45, 7) is 12.0. The largest absolute Gasteiger partial charge is 0.383 e. The Labute approximate surface area is 229 Å². The third-order valence-electron chi connectivity index (χ3n) is 7.01. The number of anilines is 1. The number of nitrogens with two attached hydrogens (primary N) is 1. The van der Waals surface area contributed by atoms with Crippen molar-refractivity contribution in [3.05, 3.63) is 65.9 Å². The molecule has 0 radical (unpaired) electrons. The highest BCUT2D eigenvalue weighted by molar-refractivity contribution is 6.10. The smallest absolute Gasteiger partial charge is 0.164 e. The third kappa shape index (κ3) is 5.85. The Morgan fingerprint density at radius 1 is 1.23 bits per heavy atom. The van der Waals surface area contributed by atoms with Gasteiger partial charge in [0.15, 0.2) is 5.65 Å². The maximum atomic E-state index is 11.3. The van der Waals surface area contributed by atoms with E-state index in [2.05, 4.69) is 38.3 Å². The van der Waals surface area contributed by atoms with Crippen LogP contribution in [0.4, 0.5) is 5.82 Å². The number of hydrazone groups is 1. The topological polar surface area (TPSA) is 110 Å². The monoisotopic (exact) mass is 529 g/mol. The number of hydrogen-bond acceptors (Lipinski definition) is 8. The molecule has 0 bridgehead atoms. The van der Waals surface area contributed by atoms with Crippen molar-refractivity contribution in [3.8, 4) is 0 Å². The standard InChI is InChI=1S/C27H33N9O.C2H6/c1-19-24-26(28)29-18-30-27(24)36(31-19)20(2)22-17-21-9-4-5-13-35(21)25(22)23(10-8-16-37)32-33(3)14-15-34-11-6-7-12-34;1-2/h4-5,8-10,13,16-18,20H,6-7,11-12,14-15H2,1-3H3,(H2,28,29,30);1-2H3/b10-8-,32-23+;. The van der Waals surface area contributed by atoms with Gasteiger partial charge in [0.1, 0.15) is 24.1 Å². The summed E-state index contributed by atoms with van der Waals surface area (Å²) in [5.41, 5.74) is 11.2. The fourth-order valence-corrected chi connectivity index (χ4v) is 5.12. The van der Waals surface area contributed by atoms with E-state index in [4.69, 9.17) is 15.9 Å². The van der Waals surface area contributed by atoms with Crippen LogP contribution in [0.15, 0.2) is 54.0 Å². The van der Waals surface area contributed by atoms with E-state index in [9.17, 15) is 4.79 Å². The normalized spacial score (nSPS) is 15.2. The molecule has 0 saturated carbocycles. The van der Waals surface area contributed by atoms with Crippen LogP contribution in [-0.4, -0.2) is 79.3 Å². The summed E-state index contributed by atoms with van der Waals surface area (Å²) in [6, 6.07) is 8.01. The molecule has 4 aromatic heterocycles. The Morgan fingerprint density at radius 3 is 2.74 bits per heavy atom. The van der Waals surface area contributed by atoms with Crippen LogP contribution in [0.5, 0.6) is 0 Å². The number of nitrogen functional groups attached to an aromatic ring is 1. The number of carbonyl (C=O) groups excluding carboxylic acids is 1. The van der Waals surface area contributed by atoms with Gasteiger partial charge in [0, 0.05) is 37.4 Å². The van der Waals surface area contributed by atoms with E-state index >= 15 is 0 Å². The van der Waals surface area contributed by atoms with Crippen LogP contribution in [-0.2, 0) is 4.79 Å². The van der Waals surface area contributed by atoms with Crippen LogP contribution in [0.3, 0.4) is 0 Å². The van der Waals surface area contributed by atoms with E-state index in [1.165, 1.54) is 25.2 Å². The van der Waals surface area contributed by atoms with Crippen molar-refractivity contribution in [2.24, 2.45) is 5.10 Å². The number of aromatic nitrogens is 5. The Bertz CT molecular complexity index is 1480. The summed E-state index contributed by atoms with van der Waals surface area (Å²) in [5, 5.41) is 12.5. The van der Waals surface area contributed by atoms with Gasteiger partial charge >= 0.3 is 0 Å². The van der Waals surface area contributed by atoms with Crippen LogP contribution in [0, 0.1) is 6.92 Å². The zero-order valence-corrected chi connectivity index (χ0v) is 23.6. The van der Waals surface area contributed by atoms with Gasteiger partial charge in [0.25, 0.3) is 0 Å². The van der Waals surface area contributed by atoms with Gasteiger partial charge < -0.3 is 15.0 Å². The maximum Gasteiger partial charge on any atom is 0.164 e. The molecule has 1 atom stereocenters. The second-order valence-corrected chi connectivity index (χ2v) is 9.52. The first-order valence-corrected chi connectivity index (χ1v) is 13.7. The molecule has 10 heteroatoms. The van der Waals surface area contributed by atoms with Crippen LogP contribution >= 0.6 is 0 Å². The number of allylic oxidation sites excluding steroid dienone is 2. The van der Waals surface area contributed by atoms with Gasteiger partial charge in [-0.05, 0) is 70.1 Å². The van der Waals surface area contributed by atoms with Crippen molar-refractivity contribution < 1.29 is 4.79 Å². The predicted molar refractivity (Wildman–Crippen MR) is 157 cm³/mol. The molecule has 10 nitrogen and oxygen atoms in total. The molecule has 5 rings (SSSR count). The van der Waals surface area contributed by atoms with Crippen LogP contribution in [0.25, 0.3) is 16.6 Å². The lowest BCUT2D eigenvalue weighted by atomic mass is 10.1. The summed E-state index contributed by atoms with van der Waals surface area (Å²) in [4.78, 5) is 22.4. The van der Waals surface area contributed by atoms with E-state index in [1.54, 1.807) is 6.08 Å². The zero-order valence-electron chi connectivity index (χ0n) is 23.6. The van der Waals surface area contributed by atoms with Gasteiger partial charge in [0.05, 0.1) is 22.8 Å². The number of hydrogen-bond donors (Lipinski definition) is 1. The summed E-state index contributed by atoms with van der Waals surface area (Å²) < 4.78 is 4.00. The number of likely N-dealkylation sites (N-methyl/N-ethyl adjacent to an activating group) is 1. The molecule has 2 N–H and O–H groups in total. The number of carbonyl (C=O) groups is 1. The second kappa shape index (κ2) is 12.7. The van der Waals surface area contributed by atoms with Crippen LogP contribution in [0.1, 0.15) is 56.6 Å². The van der Waals surface area contributed by atoms with Crippen molar-refractivity contribution in [2.45, 2.75) is 46.6 Å². The van der Waals surface area contributed by atoms with Crippen molar-refractivity contribution >= 4 is 34.4 Å². The zero-order chi connectivity index (χ0) is 27.9. The molecule has 39 heavy (non-hydrogen) atoms. The number of aryl methyl sites for hydroxylation is 1. The summed E-state index contributed by atoms with van der Waals surface area (Å²) in [7, 11) is 1.98. The van der Waals surface area contributed by atoms with Gasteiger partial charge in [-0.2, -0.15) is 10.2 Å². The average Bonchev–Trinajstić information content (AvgIpc) is 3.69. The highest BCUT2D eigenvalue weighted by atomic mass is 16.1. The number of nitrogens with zero attached hydrogens (tertiary/aromatic N) is 8. The first kappa shape index (κ1) is 28.0. The van der Waals surface area contributed by atoms with E-state index in [-0.39, 0.29) is 6.04 Å². The van der Waals surface area contributed by atoms with Crippen LogP contribution in [0.2, 0.25) is 0 Å². The fourth-order valence-electron chi connectivity index (χ4n) is 5.12. The maximum absolute atomic E-state index is 11.3. The fraction of sp³-hybridized carbons (Fsp3) is 0.414. The number of fused-ring (bicyclic) bond motifs is 2. The number of likely N-dealkylation sites (tertiary alicyclic amines) is 1. The summed E-state index contributed by atoms with van der Waals surface area (Å²) in [6.07, 6.45) is 10.0. The number of pyridine rings is 1. The number of rotatable bonds is 9. The van der Waals surface area contributed by atoms with Crippen molar-refractivity contribution in [3.63, 3.8) is 0 Å². The van der Waals surface area contributed by atoms with Crippen molar-refractivity contribution in [1.29, 1.82) is 0 Å². The Kier molecular flexibility index (Phi) is 9.08. The average molecular weight is 530 g/mol. The van der Waals surface area contributed by atoms with E-state index in [0.29, 0.717) is 17.2 Å². The Balaban J connectivity index is 0.00000172. The molecule has 5 heterocycles. The van der Waals surface area contributed by atoms with Gasteiger partial charge in [-0.25, -0.2) is 14.6 Å². The predicted octanol–water partition coefficient (Wildman–Crippen LogP) is 4.09. The highest BCUT2D eigenvalue weighted by Gasteiger charge is 2.24. The lowest BCUT2D eigenvalue weighted by Gasteiger charge is -2.21. The molecule has 4 aromatic rings. The van der Waals surface area contributed by atoms with Crippen molar-refractivity contribution in [1.82, 2.24) is 34.1 Å². The van der Waals surface area contributed by atoms with Crippen molar-refractivity contribution in [2.75, 3.05) is 39.0 Å². The number of aldehydes is 1. The Hall–Kier alpha value is -4.05. The molecule has 0 aliphatic carbocycles. The highest BCUT2D eigenvalue weighted by Crippen LogP contribution is 2.31. The first-order chi connectivity index (χ1) is 19.0. The molecule has 1 aliphatic rings. The first-order valence-electron chi connectivity index (χ1n) is 13.7. The molecule has 1 unspecified atom stereocenters. The molecular formula is C29H39N9O. The van der Waals surface area contributed by atoms with Gasteiger partial charge in [-0.3, -0.25) is 9.80 Å². The van der Waals surface area contributed by atoms with Gasteiger partial charge in [-0.15, -0.1) is 0 Å². The lowest BCUT2D eigenvalue weighted by Crippen LogP contribution is -2.29. The SMILES string of the molecule is CC.Cc1nn(C(C)c2cc3ccccn3c2C(/C=C\C=O)=N/N(C)CCN2CCCC2)c2ncnc(N)c12. The quantitative estimate of drug-likeness (QED) is 0.150. The molecular weight excluding hydrogens is 490 g/mol. The van der Waals surface area contributed by atoms with Gasteiger partial charge in [-0.1, -0.05) is 19.9 Å². The third-order valence-corrected chi connectivity index (χ3v) is 7.01. The van der Waals surface area contributed by atoms with E-state index in [1.807, 2.05) is 55.8 Å².